The van der Waals surface area contributed by atoms with Gasteiger partial charge in [0.25, 0.3) is 0 Å². The second kappa shape index (κ2) is 2.87. The van der Waals surface area contributed by atoms with Crippen LogP contribution in [-0.4, -0.2) is 9.96 Å². The van der Waals surface area contributed by atoms with Crippen LogP contribution in [0.15, 0.2) is 0 Å². The third-order valence-corrected chi connectivity index (χ3v) is 5.89. The van der Waals surface area contributed by atoms with E-state index in [9.17, 15) is 0 Å². The maximum Gasteiger partial charge on any atom is 0.0368 e. The zero-order valence-electron chi connectivity index (χ0n) is 8.58. The van der Waals surface area contributed by atoms with Crippen molar-refractivity contribution in [2.24, 2.45) is 5.92 Å². The molecule has 0 bridgehead atoms. The Morgan fingerprint density at radius 2 is 1.67 bits per heavy atom. The van der Waals surface area contributed by atoms with Crippen molar-refractivity contribution in [2.45, 2.75) is 45.8 Å². The van der Waals surface area contributed by atoms with Crippen molar-refractivity contribution in [3.05, 3.63) is 0 Å². The fraction of sp³-hybridized carbons (Fsp3) is 1.00. The molecule has 0 atom stereocenters. The lowest BCUT2D eigenvalue weighted by molar-refractivity contribution is 0.468. The van der Waals surface area contributed by atoms with Gasteiger partial charge in [0.15, 0.2) is 0 Å². The van der Waals surface area contributed by atoms with E-state index in [1.165, 1.54) is 0 Å². The predicted molar refractivity (Wildman–Crippen MR) is 47.8 cm³/mol. The minimum absolute atomic E-state index is 0.243. The molecular formula is C8H20Si. The highest BCUT2D eigenvalue weighted by Gasteiger charge is 2.26. The molecule has 0 aliphatic heterocycles. The average molecular weight is 146 g/mol. The Kier molecular flexibility index (Phi) is 2.33. The van der Waals surface area contributed by atoms with E-state index in [1.54, 1.807) is 0 Å². The van der Waals surface area contributed by atoms with Crippen LogP contribution in [0.2, 0.25) is 18.1 Å². The van der Waals surface area contributed by atoms with Gasteiger partial charge in [-0.05, 0) is 11.0 Å². The standard InChI is InChI=1S/C8H20Si/c1-7(2)8(3,4)9(5)6/h7,9H,1-6H3/i9T. The van der Waals surface area contributed by atoms with Gasteiger partial charge in [0, 0.05) is 9.96 Å². The van der Waals surface area contributed by atoms with Crippen LogP contribution >= 0.6 is 0 Å². The van der Waals surface area contributed by atoms with Gasteiger partial charge in [-0.3, -0.25) is 0 Å². The van der Waals surface area contributed by atoms with Crippen LogP contribution in [0, 0.1) is 5.92 Å². The van der Waals surface area contributed by atoms with E-state index in [-0.39, 0.29) is 5.04 Å². The topological polar surface area (TPSA) is 0 Å². The van der Waals surface area contributed by atoms with E-state index in [2.05, 4.69) is 40.8 Å². The molecular weight excluding hydrogens is 124 g/mol. The molecule has 0 heterocycles. The minimum Gasteiger partial charge on any atom is -0.0718 e. The van der Waals surface area contributed by atoms with Crippen LogP contribution in [0.5, 0.6) is 0 Å². The summed E-state index contributed by atoms with van der Waals surface area (Å²) in [5.41, 5.74) is 0. The highest BCUT2D eigenvalue weighted by Crippen LogP contribution is 2.36. The number of rotatable bonds is 2. The molecule has 0 aromatic rings. The van der Waals surface area contributed by atoms with Crippen LogP contribution in [0.1, 0.15) is 27.7 Å². The van der Waals surface area contributed by atoms with Crippen LogP contribution < -0.4 is 0 Å². The zero-order valence-corrected chi connectivity index (χ0v) is 8.58. The largest absolute Gasteiger partial charge is 0.0718 e. The first-order valence-electron chi connectivity index (χ1n) is 4.19. The highest BCUT2D eigenvalue weighted by molar-refractivity contribution is 6.59. The molecule has 0 aromatic heterocycles. The van der Waals surface area contributed by atoms with E-state index in [1.807, 2.05) is 0 Å². The van der Waals surface area contributed by atoms with Crippen molar-refractivity contribution in [3.8, 4) is 0 Å². The maximum atomic E-state index is 8.00. The Morgan fingerprint density at radius 3 is 1.67 bits per heavy atom. The first kappa shape index (κ1) is 7.33. The van der Waals surface area contributed by atoms with Gasteiger partial charge in [0.1, 0.15) is 0 Å². The van der Waals surface area contributed by atoms with Crippen molar-refractivity contribution >= 4 is 8.73 Å². The van der Waals surface area contributed by atoms with Gasteiger partial charge in [-0.2, -0.15) is 0 Å². The van der Waals surface area contributed by atoms with E-state index >= 15 is 0 Å². The normalized spacial score (nSPS) is 16.1. The molecule has 0 aliphatic rings. The molecule has 0 aliphatic carbocycles. The summed E-state index contributed by atoms with van der Waals surface area (Å²) < 4.78 is 8.00. The molecule has 0 N–H and O–H groups in total. The molecule has 0 nitrogen and oxygen atoms in total. The van der Waals surface area contributed by atoms with E-state index in [0.29, 0.717) is 5.92 Å². The molecule has 0 fully saturated rings. The van der Waals surface area contributed by atoms with Crippen molar-refractivity contribution < 1.29 is 0 Å². The molecule has 56 valence electrons. The summed E-state index contributed by atoms with van der Waals surface area (Å²) in [6.07, 6.45) is 0. The average Bonchev–Trinajstić information content (AvgIpc) is 1.62. The predicted octanol–water partition coefficient (Wildman–Crippen LogP) is 2.91. The molecule has 0 rings (SSSR count). The molecule has 0 unspecified atom stereocenters. The first-order valence-corrected chi connectivity index (χ1v) is 6.19. The fourth-order valence-corrected chi connectivity index (χ4v) is 1.73. The second-order valence-electron chi connectivity index (χ2n) is 3.88. The van der Waals surface area contributed by atoms with Crippen LogP contribution in [0.25, 0.3) is 0 Å². The summed E-state index contributed by atoms with van der Waals surface area (Å²) in [7, 11) is -1.70. The Hall–Kier alpha value is 0.217. The summed E-state index contributed by atoms with van der Waals surface area (Å²) >= 11 is 0. The molecule has 0 aromatic carbocycles. The van der Waals surface area contributed by atoms with E-state index in [4.69, 9.17) is 1.23 Å². The Labute approximate surface area is 62.5 Å². The minimum atomic E-state index is -1.70. The van der Waals surface area contributed by atoms with Gasteiger partial charge < -0.3 is 0 Å². The first-order chi connectivity index (χ1) is 4.19. The lowest BCUT2D eigenvalue weighted by Crippen LogP contribution is -2.26. The summed E-state index contributed by atoms with van der Waals surface area (Å²) in [6.45, 7) is 13.1. The summed E-state index contributed by atoms with van der Waals surface area (Å²) in [6, 6.07) is 0. The monoisotopic (exact) mass is 146 g/mol. The molecule has 9 heavy (non-hydrogen) atoms. The van der Waals surface area contributed by atoms with E-state index in [0.717, 1.165) is 0 Å². The second-order valence-corrected chi connectivity index (χ2v) is 7.17. The molecule has 0 radical (unpaired) electrons. The Bertz CT molecular complexity index is 111. The Morgan fingerprint density at radius 1 is 1.33 bits per heavy atom. The summed E-state index contributed by atoms with van der Waals surface area (Å²) in [4.78, 5) is 0. The number of hydrogen-bond donors (Lipinski definition) is 0. The molecule has 1 heteroatoms. The van der Waals surface area contributed by atoms with Crippen LogP contribution in [0.4, 0.5) is 0 Å². The maximum absolute atomic E-state index is 8.00. The van der Waals surface area contributed by atoms with Gasteiger partial charge in [-0.15, -0.1) is 0 Å². The third-order valence-electron chi connectivity index (χ3n) is 2.73. The highest BCUT2D eigenvalue weighted by atomic mass is 28.3. The molecule has 0 saturated carbocycles. The molecule has 0 amide bonds. The van der Waals surface area contributed by atoms with Crippen molar-refractivity contribution in [1.82, 2.24) is 0 Å². The molecule has 0 spiro atoms. The third kappa shape index (κ3) is 2.13. The zero-order chi connectivity index (χ0) is 8.58. The van der Waals surface area contributed by atoms with Gasteiger partial charge in [-0.25, -0.2) is 0 Å². The smallest absolute Gasteiger partial charge is 0.0368 e. The quantitative estimate of drug-likeness (QED) is 0.526. The van der Waals surface area contributed by atoms with Gasteiger partial charge >= 0.3 is 0 Å². The van der Waals surface area contributed by atoms with Crippen LogP contribution in [-0.2, 0) is 0 Å². The summed E-state index contributed by atoms with van der Waals surface area (Å²) in [5.74, 6) is 0.631. The molecule has 0 saturated heterocycles. The van der Waals surface area contributed by atoms with E-state index < -0.39 is 8.73 Å². The number of hydrogen-bond acceptors (Lipinski definition) is 0. The van der Waals surface area contributed by atoms with Gasteiger partial charge in [-0.1, -0.05) is 40.8 Å². The lowest BCUT2D eigenvalue weighted by Gasteiger charge is -2.32. The lowest BCUT2D eigenvalue weighted by atomic mass is 9.99. The van der Waals surface area contributed by atoms with Crippen molar-refractivity contribution in [2.75, 3.05) is 0 Å². The van der Waals surface area contributed by atoms with Gasteiger partial charge in [0.2, 0.25) is 0 Å². The van der Waals surface area contributed by atoms with Crippen LogP contribution in [0.3, 0.4) is 0 Å². The summed E-state index contributed by atoms with van der Waals surface area (Å²) in [5, 5.41) is 0.243. The SMILES string of the molecule is [3H][Si](C)(C)C(C)(C)C(C)C. The van der Waals surface area contributed by atoms with Gasteiger partial charge in [0.05, 0.1) is 0 Å². The van der Waals surface area contributed by atoms with Crippen molar-refractivity contribution in [1.29, 1.82) is 1.23 Å². The van der Waals surface area contributed by atoms with Crippen molar-refractivity contribution in [3.63, 3.8) is 0 Å². The fourth-order valence-electron chi connectivity index (χ4n) is 0.577. The Balaban J connectivity index is 4.40.